The second kappa shape index (κ2) is 10.0. The SMILES string of the molecule is CC1=NC(SCC(N)=O)=C(C#N)[C@@H](c2ccccc2Cl)C1C(=O)Nc1ccc(Cl)cc1. The zero-order valence-corrected chi connectivity index (χ0v) is 18.8. The number of carbonyl (C=O) groups excluding carboxylic acids is 2. The average molecular weight is 473 g/mol. The van der Waals surface area contributed by atoms with Crippen LogP contribution < -0.4 is 11.1 Å². The van der Waals surface area contributed by atoms with Gasteiger partial charge < -0.3 is 11.1 Å². The maximum absolute atomic E-state index is 13.3. The smallest absolute Gasteiger partial charge is 0.234 e. The van der Waals surface area contributed by atoms with Crippen molar-refractivity contribution >= 4 is 58.2 Å². The first-order valence-electron chi connectivity index (χ1n) is 9.23. The zero-order chi connectivity index (χ0) is 22.5. The van der Waals surface area contributed by atoms with E-state index in [1.165, 1.54) is 0 Å². The summed E-state index contributed by atoms with van der Waals surface area (Å²) in [5.41, 5.74) is 7.23. The standard InChI is InChI=1S/C22H18Cl2N4O2S/c1-12-19(21(30)28-14-8-6-13(23)7-9-14)20(15-4-2-3-5-17(15)24)16(10-25)22(27-12)31-11-18(26)29/h2-9,19-20H,11H2,1H3,(H2,26,29)(H,28,30)/t19?,20-/m1/s1. The summed E-state index contributed by atoms with van der Waals surface area (Å²) >= 11 is 13.4. The fraction of sp³-hybridized carbons (Fsp3) is 0.182. The highest BCUT2D eigenvalue weighted by atomic mass is 35.5. The number of thioether (sulfide) groups is 1. The number of halogens is 2. The van der Waals surface area contributed by atoms with Gasteiger partial charge in [-0.15, -0.1) is 0 Å². The molecule has 0 aliphatic carbocycles. The van der Waals surface area contributed by atoms with Gasteiger partial charge in [0, 0.05) is 27.4 Å². The molecule has 1 unspecified atom stereocenters. The van der Waals surface area contributed by atoms with E-state index in [0.717, 1.165) is 11.8 Å². The van der Waals surface area contributed by atoms with Gasteiger partial charge in [-0.2, -0.15) is 5.26 Å². The van der Waals surface area contributed by atoms with Crippen molar-refractivity contribution in [1.82, 2.24) is 0 Å². The maximum atomic E-state index is 13.3. The van der Waals surface area contributed by atoms with E-state index in [1.807, 2.05) is 0 Å². The molecule has 1 heterocycles. The Balaban J connectivity index is 2.06. The van der Waals surface area contributed by atoms with E-state index < -0.39 is 17.7 Å². The van der Waals surface area contributed by atoms with E-state index in [9.17, 15) is 14.9 Å². The molecule has 31 heavy (non-hydrogen) atoms. The number of allylic oxidation sites excluding steroid dienone is 1. The van der Waals surface area contributed by atoms with Crippen molar-refractivity contribution in [3.63, 3.8) is 0 Å². The summed E-state index contributed by atoms with van der Waals surface area (Å²) in [6, 6.07) is 15.9. The Kier molecular flexibility index (Phi) is 7.39. The number of primary amides is 1. The summed E-state index contributed by atoms with van der Waals surface area (Å²) in [7, 11) is 0. The Labute approximate surface area is 194 Å². The summed E-state index contributed by atoms with van der Waals surface area (Å²) < 4.78 is 0. The Bertz CT molecular complexity index is 1120. The quantitative estimate of drug-likeness (QED) is 0.631. The van der Waals surface area contributed by atoms with E-state index in [0.29, 0.717) is 32.0 Å². The summed E-state index contributed by atoms with van der Waals surface area (Å²) in [5.74, 6) is -2.34. The Hall–Kier alpha value is -2.79. The highest BCUT2D eigenvalue weighted by Gasteiger charge is 2.40. The number of nitrogens with one attached hydrogen (secondary N) is 1. The molecule has 6 nitrogen and oxygen atoms in total. The Morgan fingerprint density at radius 1 is 1.19 bits per heavy atom. The van der Waals surface area contributed by atoms with Gasteiger partial charge in [0.15, 0.2) is 0 Å². The molecule has 3 rings (SSSR count). The zero-order valence-electron chi connectivity index (χ0n) is 16.4. The minimum atomic E-state index is -0.775. The largest absolute Gasteiger partial charge is 0.369 e. The lowest BCUT2D eigenvalue weighted by atomic mass is 9.76. The number of carbonyl (C=O) groups is 2. The molecule has 1 aliphatic heterocycles. The molecular weight excluding hydrogens is 455 g/mol. The molecule has 2 aromatic rings. The molecule has 0 saturated carbocycles. The third kappa shape index (κ3) is 5.28. The van der Waals surface area contributed by atoms with Crippen molar-refractivity contribution in [2.45, 2.75) is 12.8 Å². The van der Waals surface area contributed by atoms with Gasteiger partial charge >= 0.3 is 0 Å². The van der Waals surface area contributed by atoms with Gasteiger partial charge in [-0.25, -0.2) is 4.99 Å². The van der Waals surface area contributed by atoms with Gasteiger partial charge in [0.25, 0.3) is 0 Å². The van der Waals surface area contributed by atoms with Crippen molar-refractivity contribution < 1.29 is 9.59 Å². The van der Waals surface area contributed by atoms with E-state index >= 15 is 0 Å². The van der Waals surface area contributed by atoms with Crippen LogP contribution in [0.15, 0.2) is 64.1 Å². The lowest BCUT2D eigenvalue weighted by Crippen LogP contribution is -2.36. The van der Waals surface area contributed by atoms with Crippen molar-refractivity contribution in [1.29, 1.82) is 5.26 Å². The molecule has 0 fully saturated rings. The van der Waals surface area contributed by atoms with E-state index in [1.54, 1.807) is 55.5 Å². The molecule has 0 aromatic heterocycles. The van der Waals surface area contributed by atoms with E-state index in [4.69, 9.17) is 28.9 Å². The molecule has 3 N–H and O–H groups in total. The topological polar surface area (TPSA) is 108 Å². The van der Waals surface area contributed by atoms with Crippen LogP contribution in [0.2, 0.25) is 10.0 Å². The normalized spacial score (nSPS) is 18.2. The van der Waals surface area contributed by atoms with Crippen molar-refractivity contribution in [2.75, 3.05) is 11.1 Å². The first kappa shape index (κ1) is 22.9. The van der Waals surface area contributed by atoms with Crippen molar-refractivity contribution in [2.24, 2.45) is 16.6 Å². The minimum Gasteiger partial charge on any atom is -0.369 e. The highest BCUT2D eigenvalue weighted by molar-refractivity contribution is 8.03. The number of rotatable bonds is 6. The summed E-state index contributed by atoms with van der Waals surface area (Å²) in [4.78, 5) is 29.1. The van der Waals surface area contributed by atoms with Crippen LogP contribution in [-0.2, 0) is 9.59 Å². The van der Waals surface area contributed by atoms with Crippen molar-refractivity contribution in [3.8, 4) is 6.07 Å². The third-order valence-electron chi connectivity index (χ3n) is 4.71. The molecule has 1 aliphatic rings. The van der Waals surface area contributed by atoms with Gasteiger partial charge in [0.2, 0.25) is 11.8 Å². The number of amides is 2. The van der Waals surface area contributed by atoms with E-state index in [2.05, 4.69) is 16.4 Å². The monoisotopic (exact) mass is 472 g/mol. The molecule has 158 valence electrons. The number of nitriles is 1. The first-order valence-corrected chi connectivity index (χ1v) is 11.0. The first-order chi connectivity index (χ1) is 14.8. The molecule has 0 radical (unpaired) electrons. The van der Waals surface area contributed by atoms with Crippen LogP contribution in [0.1, 0.15) is 18.4 Å². The Morgan fingerprint density at radius 2 is 1.87 bits per heavy atom. The lowest BCUT2D eigenvalue weighted by molar-refractivity contribution is -0.118. The fourth-order valence-corrected chi connectivity index (χ4v) is 4.55. The summed E-state index contributed by atoms with van der Waals surface area (Å²) in [6.45, 7) is 1.72. The minimum absolute atomic E-state index is 0.0336. The second-order valence-corrected chi connectivity index (χ2v) is 8.62. The summed E-state index contributed by atoms with van der Waals surface area (Å²) in [6.07, 6.45) is 0. The van der Waals surface area contributed by atoms with E-state index in [-0.39, 0.29) is 17.2 Å². The second-order valence-electron chi connectivity index (χ2n) is 6.81. The maximum Gasteiger partial charge on any atom is 0.234 e. The third-order valence-corrected chi connectivity index (χ3v) is 6.32. The van der Waals surface area contributed by atoms with Crippen LogP contribution in [0.5, 0.6) is 0 Å². The van der Waals surface area contributed by atoms with Gasteiger partial charge in [0.1, 0.15) is 5.03 Å². The van der Waals surface area contributed by atoms with Gasteiger partial charge in [-0.3, -0.25) is 9.59 Å². The number of benzene rings is 2. The van der Waals surface area contributed by atoms with Crippen LogP contribution in [0.4, 0.5) is 5.69 Å². The number of nitrogens with two attached hydrogens (primary N) is 1. The highest BCUT2D eigenvalue weighted by Crippen LogP contribution is 2.44. The van der Waals surface area contributed by atoms with Gasteiger partial charge in [-0.05, 0) is 42.8 Å². The molecule has 2 atom stereocenters. The number of aliphatic imine (C=N–C) groups is 1. The van der Waals surface area contributed by atoms with Gasteiger partial charge in [-0.1, -0.05) is 53.2 Å². The molecule has 0 saturated heterocycles. The average Bonchev–Trinajstić information content (AvgIpc) is 2.73. The van der Waals surface area contributed by atoms with Crippen LogP contribution >= 0.6 is 35.0 Å². The number of hydrogen-bond donors (Lipinski definition) is 2. The molecule has 2 amide bonds. The van der Waals surface area contributed by atoms with Crippen LogP contribution in [0.25, 0.3) is 0 Å². The van der Waals surface area contributed by atoms with Crippen molar-refractivity contribution in [3.05, 3.63) is 74.7 Å². The predicted molar refractivity (Wildman–Crippen MR) is 125 cm³/mol. The molecular formula is C22H18Cl2N4O2S. The molecule has 0 bridgehead atoms. The predicted octanol–water partition coefficient (Wildman–Crippen LogP) is 4.76. The number of nitrogens with zero attached hydrogens (tertiary/aromatic N) is 2. The molecule has 0 spiro atoms. The van der Waals surface area contributed by atoms with Crippen LogP contribution in [0.3, 0.4) is 0 Å². The summed E-state index contributed by atoms with van der Waals surface area (Å²) in [5, 5.41) is 14.2. The number of hydrogen-bond acceptors (Lipinski definition) is 5. The van der Waals surface area contributed by atoms with Gasteiger partial charge in [0.05, 0.1) is 23.3 Å². The fourth-order valence-electron chi connectivity index (χ4n) is 3.35. The van der Waals surface area contributed by atoms with Crippen LogP contribution in [-0.4, -0.2) is 23.3 Å². The number of anilines is 1. The lowest BCUT2D eigenvalue weighted by Gasteiger charge is -2.31. The molecule has 2 aromatic carbocycles. The molecule has 9 heteroatoms. The van der Waals surface area contributed by atoms with Crippen LogP contribution in [0, 0.1) is 17.2 Å². The Morgan fingerprint density at radius 3 is 2.48 bits per heavy atom.